The molecule has 162 valence electrons. The van der Waals surface area contributed by atoms with Gasteiger partial charge < -0.3 is 19.4 Å². The fourth-order valence-corrected chi connectivity index (χ4v) is 6.34. The topological polar surface area (TPSA) is 36.0 Å². The molecule has 4 heterocycles. The first-order valence-electron chi connectivity index (χ1n) is 11.8. The van der Waals surface area contributed by atoms with E-state index in [2.05, 4.69) is 46.2 Å². The maximum absolute atomic E-state index is 12.2. The standard InChI is InChI=1S/C26H31N3O2/c1-18(30)28-14-15-29-23-10-13-27(17-22(23)21-8-3-9-24(28)25(21)29)12-4-7-19-5-2-6-20-11-16-31-26(19)20/h2-3,5-6,8-9,22-23H,4,7,10-17H2,1H3/t22-,23?/m1/s1. The van der Waals surface area contributed by atoms with Crippen LogP contribution in [-0.2, 0) is 17.6 Å². The Morgan fingerprint density at radius 3 is 2.94 bits per heavy atom. The molecule has 6 rings (SSSR count). The molecule has 1 fully saturated rings. The van der Waals surface area contributed by atoms with E-state index in [1.807, 2.05) is 4.90 Å². The van der Waals surface area contributed by atoms with Crippen LogP contribution in [0.3, 0.4) is 0 Å². The quantitative estimate of drug-likeness (QED) is 0.762. The van der Waals surface area contributed by atoms with Gasteiger partial charge in [0, 0.05) is 51.5 Å². The summed E-state index contributed by atoms with van der Waals surface area (Å²) in [6.07, 6.45) is 4.53. The first-order chi connectivity index (χ1) is 15.2. The third-order valence-corrected chi connectivity index (χ3v) is 7.75. The number of ether oxygens (including phenoxy) is 1. The van der Waals surface area contributed by atoms with E-state index in [4.69, 9.17) is 4.74 Å². The smallest absolute Gasteiger partial charge is 0.223 e. The summed E-state index contributed by atoms with van der Waals surface area (Å²) in [6, 6.07) is 13.8. The molecule has 0 N–H and O–H groups in total. The van der Waals surface area contributed by atoms with Gasteiger partial charge in [-0.3, -0.25) is 4.79 Å². The molecule has 31 heavy (non-hydrogen) atoms. The van der Waals surface area contributed by atoms with Crippen LogP contribution in [0.1, 0.15) is 42.4 Å². The summed E-state index contributed by atoms with van der Waals surface area (Å²) in [5.74, 6) is 1.86. The number of nitrogens with zero attached hydrogens (tertiary/aromatic N) is 3. The van der Waals surface area contributed by atoms with Gasteiger partial charge in [-0.2, -0.15) is 0 Å². The molecular formula is C26H31N3O2. The molecular weight excluding hydrogens is 386 g/mol. The number of carbonyl (C=O) groups excluding carboxylic acids is 1. The van der Waals surface area contributed by atoms with Gasteiger partial charge in [0.1, 0.15) is 5.75 Å². The van der Waals surface area contributed by atoms with Crippen molar-refractivity contribution >= 4 is 17.3 Å². The summed E-state index contributed by atoms with van der Waals surface area (Å²) in [7, 11) is 0. The van der Waals surface area contributed by atoms with Crippen LogP contribution >= 0.6 is 0 Å². The summed E-state index contributed by atoms with van der Waals surface area (Å²) in [5, 5.41) is 0. The van der Waals surface area contributed by atoms with E-state index >= 15 is 0 Å². The minimum absolute atomic E-state index is 0.154. The van der Waals surface area contributed by atoms with E-state index < -0.39 is 0 Å². The van der Waals surface area contributed by atoms with Gasteiger partial charge in [-0.15, -0.1) is 0 Å². The number of fused-ring (bicyclic) bond motifs is 4. The van der Waals surface area contributed by atoms with E-state index in [1.54, 1.807) is 6.92 Å². The first kappa shape index (κ1) is 19.2. The molecule has 2 atom stereocenters. The number of amides is 1. The second-order valence-corrected chi connectivity index (χ2v) is 9.45. The minimum atomic E-state index is 0.154. The second-order valence-electron chi connectivity index (χ2n) is 9.45. The maximum atomic E-state index is 12.2. The Kier molecular flexibility index (Phi) is 4.67. The number of carbonyl (C=O) groups is 1. The summed E-state index contributed by atoms with van der Waals surface area (Å²) in [4.78, 5) is 19.4. The van der Waals surface area contributed by atoms with E-state index in [9.17, 15) is 4.79 Å². The van der Waals surface area contributed by atoms with Crippen molar-refractivity contribution in [2.75, 3.05) is 49.1 Å². The van der Waals surface area contributed by atoms with E-state index in [0.29, 0.717) is 12.0 Å². The molecule has 4 aliphatic heterocycles. The number of piperidine rings is 1. The van der Waals surface area contributed by atoms with Crippen LogP contribution in [0.4, 0.5) is 11.4 Å². The summed E-state index contributed by atoms with van der Waals surface area (Å²) < 4.78 is 5.89. The van der Waals surface area contributed by atoms with Crippen molar-refractivity contribution in [1.82, 2.24) is 4.90 Å². The highest BCUT2D eigenvalue weighted by atomic mass is 16.5. The van der Waals surface area contributed by atoms with Gasteiger partial charge in [-0.1, -0.05) is 30.3 Å². The normalized spacial score (nSPS) is 23.9. The fraction of sp³-hybridized carbons (Fsp3) is 0.500. The van der Waals surface area contributed by atoms with E-state index in [0.717, 1.165) is 57.1 Å². The predicted octanol–water partition coefficient (Wildman–Crippen LogP) is 3.60. The Morgan fingerprint density at radius 1 is 1.13 bits per heavy atom. The molecule has 0 radical (unpaired) electrons. The third-order valence-electron chi connectivity index (χ3n) is 7.75. The van der Waals surface area contributed by atoms with Crippen molar-refractivity contribution in [3.05, 3.63) is 53.1 Å². The molecule has 0 spiro atoms. The van der Waals surface area contributed by atoms with Crippen molar-refractivity contribution < 1.29 is 9.53 Å². The number of hydrogen-bond acceptors (Lipinski definition) is 4. The van der Waals surface area contributed by atoms with Crippen LogP contribution in [0.2, 0.25) is 0 Å². The van der Waals surface area contributed by atoms with Crippen molar-refractivity contribution in [3.8, 4) is 5.75 Å². The van der Waals surface area contributed by atoms with Gasteiger partial charge in [-0.05, 0) is 48.6 Å². The Hall–Kier alpha value is -2.53. The number of aryl methyl sites for hydroxylation is 1. The third kappa shape index (κ3) is 3.13. The van der Waals surface area contributed by atoms with Crippen LogP contribution in [-0.4, -0.2) is 56.2 Å². The lowest BCUT2D eigenvalue weighted by Crippen LogP contribution is -2.50. The Morgan fingerprint density at radius 2 is 2.03 bits per heavy atom. The van der Waals surface area contributed by atoms with Crippen LogP contribution in [0.5, 0.6) is 5.75 Å². The van der Waals surface area contributed by atoms with E-state index in [-0.39, 0.29) is 5.91 Å². The summed E-state index contributed by atoms with van der Waals surface area (Å²) in [5.41, 5.74) is 6.66. The molecule has 1 saturated heterocycles. The number of hydrogen-bond donors (Lipinski definition) is 0. The second kappa shape index (κ2) is 7.56. The van der Waals surface area contributed by atoms with Crippen molar-refractivity contribution in [2.45, 2.75) is 44.6 Å². The molecule has 5 nitrogen and oxygen atoms in total. The van der Waals surface area contributed by atoms with Gasteiger partial charge in [0.25, 0.3) is 0 Å². The number of anilines is 2. The molecule has 4 aliphatic rings. The average molecular weight is 418 g/mol. The van der Waals surface area contributed by atoms with Crippen molar-refractivity contribution in [2.24, 2.45) is 0 Å². The first-order valence-corrected chi connectivity index (χ1v) is 11.8. The zero-order valence-corrected chi connectivity index (χ0v) is 18.3. The Labute approximate surface area is 184 Å². The molecule has 0 bridgehead atoms. The monoisotopic (exact) mass is 417 g/mol. The molecule has 0 aliphatic carbocycles. The molecule has 1 amide bonds. The maximum Gasteiger partial charge on any atom is 0.223 e. The highest BCUT2D eigenvalue weighted by Gasteiger charge is 2.45. The van der Waals surface area contributed by atoms with Gasteiger partial charge in [0.05, 0.1) is 18.0 Å². The van der Waals surface area contributed by atoms with Crippen LogP contribution in [0, 0.1) is 0 Å². The Balaban J connectivity index is 1.15. The molecule has 1 unspecified atom stereocenters. The largest absolute Gasteiger partial charge is 0.493 e. The van der Waals surface area contributed by atoms with Gasteiger partial charge in [0.15, 0.2) is 0 Å². The van der Waals surface area contributed by atoms with Crippen LogP contribution < -0.4 is 14.5 Å². The number of rotatable bonds is 4. The lowest BCUT2D eigenvalue weighted by Gasteiger charge is -2.41. The predicted molar refractivity (Wildman–Crippen MR) is 123 cm³/mol. The zero-order valence-electron chi connectivity index (χ0n) is 18.3. The lowest BCUT2D eigenvalue weighted by atomic mass is 9.89. The molecule has 0 aromatic heterocycles. The molecule has 0 saturated carbocycles. The van der Waals surface area contributed by atoms with Crippen molar-refractivity contribution in [3.63, 3.8) is 0 Å². The SMILES string of the molecule is CC(=O)N1CCN2c3c(cccc31)[C@H]1CN(CCCc3cccc4c3OCC4)CCC12. The van der Waals surface area contributed by atoms with Crippen molar-refractivity contribution in [1.29, 1.82) is 0 Å². The molecule has 2 aromatic carbocycles. The van der Waals surface area contributed by atoms with Crippen LogP contribution in [0.15, 0.2) is 36.4 Å². The Bertz CT molecular complexity index is 1020. The summed E-state index contributed by atoms with van der Waals surface area (Å²) >= 11 is 0. The molecule has 5 heteroatoms. The number of benzene rings is 2. The van der Waals surface area contributed by atoms with Crippen LogP contribution in [0.25, 0.3) is 0 Å². The zero-order chi connectivity index (χ0) is 20.9. The van der Waals surface area contributed by atoms with Gasteiger partial charge >= 0.3 is 0 Å². The minimum Gasteiger partial charge on any atom is -0.493 e. The average Bonchev–Trinajstić information content (AvgIpc) is 3.39. The van der Waals surface area contributed by atoms with E-state index in [1.165, 1.54) is 41.8 Å². The molecule has 2 aromatic rings. The fourth-order valence-electron chi connectivity index (χ4n) is 6.34. The number of para-hydroxylation sites is 2. The van der Waals surface area contributed by atoms with Gasteiger partial charge in [-0.25, -0.2) is 0 Å². The van der Waals surface area contributed by atoms with Gasteiger partial charge in [0.2, 0.25) is 5.91 Å². The highest BCUT2D eigenvalue weighted by Crippen LogP contribution is 2.50. The summed E-state index contributed by atoms with van der Waals surface area (Å²) in [6.45, 7) is 7.72. The number of likely N-dealkylation sites (tertiary alicyclic amines) is 1. The highest BCUT2D eigenvalue weighted by molar-refractivity contribution is 5.98. The lowest BCUT2D eigenvalue weighted by molar-refractivity contribution is -0.116.